The van der Waals surface area contributed by atoms with Gasteiger partial charge in [0.15, 0.2) is 0 Å². The lowest BCUT2D eigenvalue weighted by Gasteiger charge is -2.01. The number of aliphatic hydroxyl groups excluding tert-OH is 1. The maximum Gasteiger partial charge on any atom is 0.0612 e. The van der Waals surface area contributed by atoms with Crippen molar-refractivity contribution in [1.82, 2.24) is 0 Å². The van der Waals surface area contributed by atoms with Crippen LogP contribution in [0.2, 0.25) is 0 Å². The molecule has 17 heavy (non-hydrogen) atoms. The van der Waals surface area contributed by atoms with Crippen molar-refractivity contribution in [3.05, 3.63) is 18.6 Å². The first kappa shape index (κ1) is 16.7. The highest BCUT2D eigenvalue weighted by Gasteiger charge is 1.92. The van der Waals surface area contributed by atoms with E-state index in [9.17, 15) is 0 Å². The molecule has 0 saturated heterocycles. The van der Waals surface area contributed by atoms with E-state index in [1.807, 2.05) is 6.08 Å². The van der Waals surface area contributed by atoms with Crippen LogP contribution in [0.25, 0.3) is 0 Å². The molecule has 0 fully saturated rings. The standard InChI is InChI=1S/C16H31O/c1-2-3-4-5-6-7-8-9-10-11-12-13-14-15-16-17/h13-15,17H,2-12,16H2,1H3. The lowest BCUT2D eigenvalue weighted by atomic mass is 10.1. The molecule has 0 aliphatic carbocycles. The molecule has 1 radical (unpaired) electrons. The van der Waals surface area contributed by atoms with E-state index < -0.39 is 0 Å². The van der Waals surface area contributed by atoms with Gasteiger partial charge in [-0.05, 0) is 12.8 Å². The summed E-state index contributed by atoms with van der Waals surface area (Å²) < 4.78 is 0. The van der Waals surface area contributed by atoms with E-state index in [4.69, 9.17) is 5.11 Å². The molecular weight excluding hydrogens is 208 g/mol. The summed E-state index contributed by atoms with van der Waals surface area (Å²) in [6, 6.07) is 0. The smallest absolute Gasteiger partial charge is 0.0612 e. The first-order valence-corrected chi connectivity index (χ1v) is 7.51. The Labute approximate surface area is 108 Å². The van der Waals surface area contributed by atoms with Gasteiger partial charge in [-0.25, -0.2) is 0 Å². The molecule has 0 amide bonds. The molecule has 0 aromatic carbocycles. The van der Waals surface area contributed by atoms with Gasteiger partial charge < -0.3 is 5.11 Å². The predicted octanol–water partition coefficient (Wildman–Crippen LogP) is 5.05. The van der Waals surface area contributed by atoms with Crippen molar-refractivity contribution in [2.45, 2.75) is 77.6 Å². The van der Waals surface area contributed by atoms with Gasteiger partial charge in [0.1, 0.15) is 0 Å². The van der Waals surface area contributed by atoms with Gasteiger partial charge in [-0.1, -0.05) is 83.3 Å². The Morgan fingerprint density at radius 2 is 1.29 bits per heavy atom. The molecule has 0 bridgehead atoms. The van der Waals surface area contributed by atoms with E-state index in [-0.39, 0.29) is 6.61 Å². The largest absolute Gasteiger partial charge is 0.392 e. The van der Waals surface area contributed by atoms with Gasteiger partial charge >= 0.3 is 0 Å². The second kappa shape index (κ2) is 15.7. The second-order valence-electron chi connectivity index (χ2n) is 4.82. The van der Waals surface area contributed by atoms with E-state index in [1.165, 1.54) is 64.2 Å². The van der Waals surface area contributed by atoms with Crippen LogP contribution in [0, 0.1) is 6.42 Å². The molecule has 0 aromatic rings. The number of aliphatic hydroxyl groups is 1. The first-order chi connectivity index (χ1) is 8.41. The molecule has 0 aromatic heterocycles. The van der Waals surface area contributed by atoms with E-state index in [2.05, 4.69) is 13.3 Å². The highest BCUT2D eigenvalue weighted by Crippen LogP contribution is 2.11. The van der Waals surface area contributed by atoms with E-state index in [0.717, 1.165) is 6.42 Å². The van der Waals surface area contributed by atoms with Crippen molar-refractivity contribution < 1.29 is 5.11 Å². The fraction of sp³-hybridized carbons (Fsp3) is 0.812. The maximum atomic E-state index is 8.54. The molecule has 0 spiro atoms. The third kappa shape index (κ3) is 15.7. The molecule has 1 N–H and O–H groups in total. The monoisotopic (exact) mass is 239 g/mol. The van der Waals surface area contributed by atoms with E-state index in [1.54, 1.807) is 6.08 Å². The zero-order valence-electron chi connectivity index (χ0n) is 11.7. The molecule has 0 rings (SSSR count). The Morgan fingerprint density at radius 3 is 1.82 bits per heavy atom. The third-order valence-corrected chi connectivity index (χ3v) is 3.10. The van der Waals surface area contributed by atoms with Gasteiger partial charge in [0.25, 0.3) is 0 Å². The zero-order valence-corrected chi connectivity index (χ0v) is 11.7. The summed E-state index contributed by atoms with van der Waals surface area (Å²) in [7, 11) is 0. The molecule has 101 valence electrons. The minimum atomic E-state index is 0.161. The van der Waals surface area contributed by atoms with Crippen LogP contribution in [0.3, 0.4) is 0 Å². The van der Waals surface area contributed by atoms with Crippen LogP contribution in [-0.4, -0.2) is 11.7 Å². The Balaban J connectivity index is 2.91. The highest BCUT2D eigenvalue weighted by molar-refractivity contribution is 4.93. The number of hydrogen-bond donors (Lipinski definition) is 1. The van der Waals surface area contributed by atoms with Crippen molar-refractivity contribution in [1.29, 1.82) is 0 Å². The summed E-state index contributed by atoms with van der Waals surface area (Å²) in [5, 5.41) is 8.54. The third-order valence-electron chi connectivity index (χ3n) is 3.10. The van der Waals surface area contributed by atoms with Gasteiger partial charge in [0.2, 0.25) is 0 Å². The van der Waals surface area contributed by atoms with Crippen molar-refractivity contribution in [3.8, 4) is 0 Å². The van der Waals surface area contributed by atoms with Gasteiger partial charge in [0, 0.05) is 0 Å². The number of unbranched alkanes of at least 4 members (excludes halogenated alkanes) is 11. The quantitative estimate of drug-likeness (QED) is 0.446. The molecule has 1 nitrogen and oxygen atoms in total. The summed E-state index contributed by atoms with van der Waals surface area (Å²) >= 11 is 0. The van der Waals surface area contributed by atoms with E-state index in [0.29, 0.717) is 0 Å². The molecule has 0 atom stereocenters. The highest BCUT2D eigenvalue weighted by atomic mass is 16.2. The Kier molecular flexibility index (Phi) is 15.4. The van der Waals surface area contributed by atoms with E-state index >= 15 is 0 Å². The summed E-state index contributed by atoms with van der Waals surface area (Å²) in [5.74, 6) is 0. The van der Waals surface area contributed by atoms with Gasteiger partial charge in [0.05, 0.1) is 6.61 Å². The predicted molar refractivity (Wildman–Crippen MR) is 77.0 cm³/mol. The molecular formula is C16H31O. The summed E-state index contributed by atoms with van der Waals surface area (Å²) in [5.41, 5.74) is 0. The minimum Gasteiger partial charge on any atom is -0.392 e. The van der Waals surface area contributed by atoms with Gasteiger partial charge in [-0.15, -0.1) is 0 Å². The molecule has 0 saturated carbocycles. The Morgan fingerprint density at radius 1 is 0.765 bits per heavy atom. The minimum absolute atomic E-state index is 0.161. The summed E-state index contributed by atoms with van der Waals surface area (Å²) in [6.07, 6.45) is 21.0. The topological polar surface area (TPSA) is 20.2 Å². The average molecular weight is 239 g/mol. The van der Waals surface area contributed by atoms with Crippen molar-refractivity contribution in [3.63, 3.8) is 0 Å². The maximum absolute atomic E-state index is 8.54. The summed E-state index contributed by atoms with van der Waals surface area (Å²) in [4.78, 5) is 0. The van der Waals surface area contributed by atoms with Crippen LogP contribution in [0.4, 0.5) is 0 Å². The van der Waals surface area contributed by atoms with Crippen LogP contribution >= 0.6 is 0 Å². The first-order valence-electron chi connectivity index (χ1n) is 7.51. The molecule has 0 aliphatic rings. The number of hydrogen-bond acceptors (Lipinski definition) is 1. The van der Waals surface area contributed by atoms with Crippen LogP contribution in [-0.2, 0) is 0 Å². The number of allylic oxidation sites excluding steroid dienone is 1. The molecule has 0 unspecified atom stereocenters. The van der Waals surface area contributed by atoms with Crippen molar-refractivity contribution in [2.24, 2.45) is 0 Å². The SMILES string of the molecule is CCCCCCCCCCCC[CH]C=CCO. The van der Waals surface area contributed by atoms with Crippen molar-refractivity contribution in [2.75, 3.05) is 6.61 Å². The van der Waals surface area contributed by atoms with Gasteiger partial charge in [-0.3, -0.25) is 0 Å². The fourth-order valence-corrected chi connectivity index (χ4v) is 2.00. The zero-order chi connectivity index (χ0) is 12.6. The lowest BCUT2D eigenvalue weighted by Crippen LogP contribution is -1.82. The van der Waals surface area contributed by atoms with Crippen LogP contribution < -0.4 is 0 Å². The normalized spacial score (nSPS) is 11.4. The Bertz CT molecular complexity index is 152. The van der Waals surface area contributed by atoms with Gasteiger partial charge in [-0.2, -0.15) is 0 Å². The summed E-state index contributed by atoms with van der Waals surface area (Å²) in [6.45, 7) is 2.43. The average Bonchev–Trinajstić information content (AvgIpc) is 2.35. The number of rotatable bonds is 13. The molecule has 0 heterocycles. The van der Waals surface area contributed by atoms with Crippen LogP contribution in [0.5, 0.6) is 0 Å². The fourth-order valence-electron chi connectivity index (χ4n) is 2.00. The molecule has 0 aliphatic heterocycles. The van der Waals surface area contributed by atoms with Crippen molar-refractivity contribution >= 4 is 0 Å². The Hall–Kier alpha value is -0.300. The molecule has 1 heteroatoms. The van der Waals surface area contributed by atoms with Crippen LogP contribution in [0.15, 0.2) is 12.2 Å². The second-order valence-corrected chi connectivity index (χ2v) is 4.82. The van der Waals surface area contributed by atoms with Crippen LogP contribution in [0.1, 0.15) is 77.6 Å². The lowest BCUT2D eigenvalue weighted by molar-refractivity contribution is 0.342.